The van der Waals surface area contributed by atoms with Crippen LogP contribution in [-0.4, -0.2) is 22.8 Å². The van der Waals surface area contributed by atoms with Gasteiger partial charge in [0.15, 0.2) is 0 Å². The lowest BCUT2D eigenvalue weighted by Crippen LogP contribution is -2.09. The fourth-order valence-electron chi connectivity index (χ4n) is 2.11. The van der Waals surface area contributed by atoms with Crippen molar-refractivity contribution < 1.29 is 9.53 Å². The zero-order valence-electron chi connectivity index (χ0n) is 10.1. The molecule has 1 aliphatic rings. The van der Waals surface area contributed by atoms with Crippen LogP contribution in [0.4, 0.5) is 0 Å². The molecule has 92 valence electrons. The molecule has 2 aromatic rings. The number of aryl methyl sites for hydroxylation is 1. The maximum absolute atomic E-state index is 11.5. The van der Waals surface area contributed by atoms with Crippen LogP contribution >= 0.6 is 11.8 Å². The summed E-state index contributed by atoms with van der Waals surface area (Å²) in [5, 5.41) is 1.96. The van der Waals surface area contributed by atoms with Crippen molar-refractivity contribution in [1.82, 2.24) is 4.98 Å². The molecule has 1 saturated heterocycles. The number of nitrogens with zero attached hydrogens (tertiary/aromatic N) is 1. The van der Waals surface area contributed by atoms with Gasteiger partial charge in [-0.2, -0.15) is 0 Å². The van der Waals surface area contributed by atoms with Crippen molar-refractivity contribution in [2.45, 2.75) is 23.6 Å². The van der Waals surface area contributed by atoms with E-state index in [1.54, 1.807) is 0 Å². The summed E-state index contributed by atoms with van der Waals surface area (Å²) in [6.45, 7) is 2.60. The Morgan fingerprint density at radius 2 is 2.22 bits per heavy atom. The molecule has 3 nitrogen and oxygen atoms in total. The van der Waals surface area contributed by atoms with Gasteiger partial charge in [0, 0.05) is 11.8 Å². The number of pyridine rings is 1. The van der Waals surface area contributed by atoms with Crippen molar-refractivity contribution in [3.05, 3.63) is 35.9 Å². The van der Waals surface area contributed by atoms with Gasteiger partial charge in [0.2, 0.25) is 0 Å². The van der Waals surface area contributed by atoms with Gasteiger partial charge in [0.1, 0.15) is 5.25 Å². The lowest BCUT2D eigenvalue weighted by Gasteiger charge is -2.08. The number of carbonyl (C=O) groups is 1. The molecule has 3 rings (SSSR count). The molecule has 0 aliphatic carbocycles. The lowest BCUT2D eigenvalue weighted by molar-refractivity contribution is -0.137. The molecule has 0 N–H and O–H groups in total. The molecule has 4 heteroatoms. The number of esters is 1. The van der Waals surface area contributed by atoms with Crippen LogP contribution in [0, 0.1) is 6.92 Å². The highest BCUT2D eigenvalue weighted by Gasteiger charge is 2.28. The predicted octanol–water partition coefficient (Wildman–Crippen LogP) is 2.95. The van der Waals surface area contributed by atoms with E-state index < -0.39 is 0 Å². The van der Waals surface area contributed by atoms with Crippen LogP contribution in [0.15, 0.2) is 35.4 Å². The van der Waals surface area contributed by atoms with Crippen LogP contribution in [-0.2, 0) is 9.53 Å². The molecule has 0 amide bonds. The van der Waals surface area contributed by atoms with Gasteiger partial charge in [-0.15, -0.1) is 0 Å². The van der Waals surface area contributed by atoms with Crippen LogP contribution < -0.4 is 0 Å². The minimum Gasteiger partial charge on any atom is -0.465 e. The minimum atomic E-state index is -0.118. The third-order valence-electron chi connectivity index (χ3n) is 3.05. The Kier molecular flexibility index (Phi) is 2.96. The van der Waals surface area contributed by atoms with E-state index in [1.807, 2.05) is 24.3 Å². The lowest BCUT2D eigenvalue weighted by atomic mass is 10.1. The second-order valence-corrected chi connectivity index (χ2v) is 5.58. The van der Waals surface area contributed by atoms with Gasteiger partial charge in [-0.05, 0) is 24.6 Å². The number of aromatic nitrogens is 1. The zero-order chi connectivity index (χ0) is 12.5. The minimum absolute atomic E-state index is 0.0990. The molecule has 0 radical (unpaired) electrons. The number of cyclic esters (lactones) is 1. The van der Waals surface area contributed by atoms with E-state index in [4.69, 9.17) is 4.74 Å². The van der Waals surface area contributed by atoms with Gasteiger partial charge in [-0.1, -0.05) is 30.0 Å². The van der Waals surface area contributed by atoms with Crippen molar-refractivity contribution in [3.63, 3.8) is 0 Å². The van der Waals surface area contributed by atoms with Gasteiger partial charge in [-0.25, -0.2) is 4.98 Å². The third-order valence-corrected chi connectivity index (χ3v) is 4.21. The first-order valence-electron chi connectivity index (χ1n) is 5.94. The highest BCUT2D eigenvalue weighted by Crippen LogP contribution is 2.30. The topological polar surface area (TPSA) is 39.2 Å². The summed E-state index contributed by atoms with van der Waals surface area (Å²) in [5.41, 5.74) is 2.17. The molecule has 1 aromatic heterocycles. The molecule has 2 heterocycles. The highest BCUT2D eigenvalue weighted by molar-refractivity contribution is 8.00. The van der Waals surface area contributed by atoms with Gasteiger partial charge < -0.3 is 4.74 Å². The number of fused-ring (bicyclic) bond motifs is 1. The average molecular weight is 259 g/mol. The molecule has 1 fully saturated rings. The molecule has 1 aliphatic heterocycles. The fraction of sp³-hybridized carbons (Fsp3) is 0.286. The van der Waals surface area contributed by atoms with Crippen LogP contribution in [0.1, 0.15) is 12.0 Å². The molecule has 0 bridgehead atoms. The summed E-state index contributed by atoms with van der Waals surface area (Å²) in [6.07, 6.45) is 0.775. The monoisotopic (exact) mass is 259 g/mol. The summed E-state index contributed by atoms with van der Waals surface area (Å²) in [5.74, 6) is -0.118. The van der Waals surface area contributed by atoms with Crippen LogP contribution in [0.5, 0.6) is 0 Å². The van der Waals surface area contributed by atoms with Crippen molar-refractivity contribution in [2.75, 3.05) is 6.61 Å². The van der Waals surface area contributed by atoms with Crippen molar-refractivity contribution in [3.8, 4) is 0 Å². The molecule has 1 aromatic carbocycles. The van der Waals surface area contributed by atoms with Crippen molar-refractivity contribution in [2.24, 2.45) is 0 Å². The molecule has 18 heavy (non-hydrogen) atoms. The van der Waals surface area contributed by atoms with Gasteiger partial charge in [0.05, 0.1) is 17.1 Å². The Morgan fingerprint density at radius 3 is 3.00 bits per heavy atom. The Hall–Kier alpha value is -1.55. The van der Waals surface area contributed by atoms with Gasteiger partial charge >= 0.3 is 5.97 Å². The fourth-order valence-corrected chi connectivity index (χ4v) is 3.17. The van der Waals surface area contributed by atoms with Crippen LogP contribution in [0.3, 0.4) is 0 Å². The molecular weight excluding hydrogens is 246 g/mol. The van der Waals surface area contributed by atoms with Crippen LogP contribution in [0.25, 0.3) is 10.9 Å². The first kappa shape index (κ1) is 11.5. The number of carbonyl (C=O) groups excluding carboxylic acids is 1. The standard InChI is InChI=1S/C14H13NO2S/c1-9-8-13(18-12-6-7-17-14(12)16)15-11-5-3-2-4-10(9)11/h2-5,8,12H,6-7H2,1H3/t12-/m0/s1. The maximum Gasteiger partial charge on any atom is 0.319 e. The van der Waals surface area contributed by atoms with Crippen molar-refractivity contribution in [1.29, 1.82) is 0 Å². The smallest absolute Gasteiger partial charge is 0.319 e. The van der Waals surface area contributed by atoms with E-state index in [-0.39, 0.29) is 11.2 Å². The first-order valence-corrected chi connectivity index (χ1v) is 6.82. The van der Waals surface area contributed by atoms with E-state index in [0.717, 1.165) is 22.3 Å². The number of rotatable bonds is 2. The van der Waals surface area contributed by atoms with Gasteiger partial charge in [0.25, 0.3) is 0 Å². The Balaban J connectivity index is 1.95. The molecule has 0 unspecified atom stereocenters. The highest BCUT2D eigenvalue weighted by atomic mass is 32.2. The second-order valence-electron chi connectivity index (χ2n) is 4.36. The average Bonchev–Trinajstić information content (AvgIpc) is 2.75. The molecule has 1 atom stereocenters. The number of ether oxygens (including phenoxy) is 1. The van der Waals surface area contributed by atoms with Crippen molar-refractivity contribution >= 4 is 28.6 Å². The number of hydrogen-bond donors (Lipinski definition) is 0. The molecule has 0 spiro atoms. The molecule has 0 saturated carbocycles. The quantitative estimate of drug-likeness (QED) is 0.777. The summed E-state index contributed by atoms with van der Waals surface area (Å²) < 4.78 is 4.97. The SMILES string of the molecule is Cc1cc(S[C@H]2CCOC2=O)nc2ccccc12. The summed E-state index contributed by atoms with van der Waals surface area (Å²) in [4.78, 5) is 16.0. The summed E-state index contributed by atoms with van der Waals surface area (Å²) in [6, 6.07) is 10.1. The summed E-state index contributed by atoms with van der Waals surface area (Å²) >= 11 is 1.50. The molecular formula is C14H13NO2S. The zero-order valence-corrected chi connectivity index (χ0v) is 10.9. The van der Waals surface area contributed by atoms with Crippen LogP contribution in [0.2, 0.25) is 0 Å². The van der Waals surface area contributed by atoms with Gasteiger partial charge in [-0.3, -0.25) is 4.79 Å². The maximum atomic E-state index is 11.5. The number of benzene rings is 1. The largest absolute Gasteiger partial charge is 0.465 e. The number of para-hydroxylation sites is 1. The van der Waals surface area contributed by atoms with E-state index in [9.17, 15) is 4.79 Å². The Morgan fingerprint density at radius 1 is 1.39 bits per heavy atom. The van der Waals surface area contributed by atoms with E-state index >= 15 is 0 Å². The normalized spacial score (nSPS) is 19.2. The van der Waals surface area contributed by atoms with E-state index in [1.165, 1.54) is 17.3 Å². The number of hydrogen-bond acceptors (Lipinski definition) is 4. The van der Waals surface area contributed by atoms with E-state index in [0.29, 0.717) is 6.61 Å². The second kappa shape index (κ2) is 4.61. The predicted molar refractivity (Wildman–Crippen MR) is 71.7 cm³/mol. The third kappa shape index (κ3) is 2.08. The van der Waals surface area contributed by atoms with E-state index in [2.05, 4.69) is 18.0 Å². The Bertz CT molecular complexity index is 612. The number of thioether (sulfide) groups is 1. The first-order chi connectivity index (χ1) is 8.74. The summed E-state index contributed by atoms with van der Waals surface area (Å²) in [7, 11) is 0. The Labute approximate surface area is 110 Å².